The van der Waals surface area contributed by atoms with Crippen LogP contribution in [0.2, 0.25) is 0 Å². The Morgan fingerprint density at radius 2 is 0.805 bits per heavy atom. The van der Waals surface area contributed by atoms with Crippen LogP contribution in [0.4, 0.5) is 0 Å². The molecule has 1 heterocycles. The normalized spacial score (nSPS) is 18.4. The summed E-state index contributed by atoms with van der Waals surface area (Å²) in [6.45, 7) is 5.90. The van der Waals surface area contributed by atoms with Gasteiger partial charge in [0.25, 0.3) is 0 Å². The Hall–Kier alpha value is -3.58. The maximum atomic E-state index is 13.2. The van der Waals surface area contributed by atoms with Crippen LogP contribution in [0.3, 0.4) is 0 Å². The Labute approximate surface area is 468 Å². The van der Waals surface area contributed by atoms with Crippen molar-refractivity contribution in [1.82, 2.24) is 0 Å². The van der Waals surface area contributed by atoms with Crippen LogP contribution in [0.5, 0.6) is 0 Å². The molecule has 0 amide bonds. The lowest BCUT2D eigenvalue weighted by molar-refractivity contribution is -0.301. The molecule has 1 rings (SSSR count). The first-order valence-electron chi connectivity index (χ1n) is 31.3. The number of allylic oxidation sites excluding steroid dienone is 10. The van der Waals surface area contributed by atoms with Gasteiger partial charge in [-0.25, -0.2) is 4.79 Å². The number of aliphatic carboxylic acids is 1. The fourth-order valence-electron chi connectivity index (χ4n) is 9.20. The molecular weight excluding hydrogens is 973 g/mol. The fourth-order valence-corrected chi connectivity index (χ4v) is 9.20. The molecule has 0 spiro atoms. The molecule has 0 saturated carbocycles. The van der Waals surface area contributed by atoms with Gasteiger partial charge in [-0.3, -0.25) is 14.4 Å². The van der Waals surface area contributed by atoms with E-state index < -0.39 is 67.3 Å². The number of carbonyl (C=O) groups excluding carboxylic acids is 3. The van der Waals surface area contributed by atoms with Gasteiger partial charge >= 0.3 is 23.9 Å². The Balaban J connectivity index is 2.68. The number of ether oxygens (including phenoxy) is 5. The highest BCUT2D eigenvalue weighted by molar-refractivity contribution is 5.74. The van der Waals surface area contributed by atoms with Crippen molar-refractivity contribution < 1.29 is 58.2 Å². The van der Waals surface area contributed by atoms with Crippen LogP contribution in [-0.4, -0.2) is 89.2 Å². The van der Waals surface area contributed by atoms with Gasteiger partial charge in [0.1, 0.15) is 18.8 Å². The van der Waals surface area contributed by atoms with Gasteiger partial charge in [0.15, 0.2) is 24.6 Å². The van der Waals surface area contributed by atoms with E-state index in [4.69, 9.17) is 23.7 Å². The van der Waals surface area contributed by atoms with E-state index in [0.717, 1.165) is 122 Å². The molecule has 1 fully saturated rings. The van der Waals surface area contributed by atoms with Gasteiger partial charge in [-0.2, -0.15) is 0 Å². The van der Waals surface area contributed by atoms with Crippen molar-refractivity contribution in [2.75, 3.05) is 13.2 Å². The molecule has 1 saturated heterocycles. The zero-order chi connectivity index (χ0) is 56.1. The van der Waals surface area contributed by atoms with E-state index in [2.05, 4.69) is 81.5 Å². The zero-order valence-corrected chi connectivity index (χ0v) is 49.0. The zero-order valence-electron chi connectivity index (χ0n) is 49.0. The molecule has 0 aromatic carbocycles. The van der Waals surface area contributed by atoms with Gasteiger partial charge in [0.05, 0.1) is 6.61 Å². The van der Waals surface area contributed by atoms with Crippen molar-refractivity contribution in [3.8, 4) is 0 Å². The molecule has 77 heavy (non-hydrogen) atoms. The Morgan fingerprint density at radius 1 is 0.429 bits per heavy atom. The number of rotatable bonds is 53. The van der Waals surface area contributed by atoms with Crippen LogP contribution < -0.4 is 0 Å². The third kappa shape index (κ3) is 43.0. The molecule has 0 aromatic heterocycles. The van der Waals surface area contributed by atoms with Gasteiger partial charge in [-0.05, 0) is 103 Å². The van der Waals surface area contributed by atoms with Crippen molar-refractivity contribution in [3.05, 3.63) is 60.8 Å². The highest BCUT2D eigenvalue weighted by Gasteiger charge is 2.50. The minimum atomic E-state index is -1.91. The second-order valence-electron chi connectivity index (χ2n) is 21.3. The van der Waals surface area contributed by atoms with E-state index >= 15 is 0 Å². The highest BCUT2D eigenvalue weighted by Crippen LogP contribution is 2.26. The summed E-state index contributed by atoms with van der Waals surface area (Å²) in [6, 6.07) is 0. The fraction of sp³-hybridized carbons (Fsp3) is 0.785. The summed E-state index contributed by atoms with van der Waals surface area (Å²) in [4.78, 5) is 51.2. The van der Waals surface area contributed by atoms with Crippen molar-refractivity contribution in [1.29, 1.82) is 0 Å². The van der Waals surface area contributed by atoms with E-state index in [-0.39, 0.29) is 25.9 Å². The molecule has 0 aliphatic carbocycles. The molecule has 6 unspecified atom stereocenters. The molecule has 0 radical (unpaired) electrons. The number of hydrogen-bond donors (Lipinski definition) is 3. The molecule has 1 aliphatic rings. The van der Waals surface area contributed by atoms with Crippen LogP contribution in [0.15, 0.2) is 60.8 Å². The predicted molar refractivity (Wildman–Crippen MR) is 312 cm³/mol. The second-order valence-corrected chi connectivity index (χ2v) is 21.3. The summed E-state index contributed by atoms with van der Waals surface area (Å²) < 4.78 is 28.5. The number of aliphatic hydroxyl groups excluding tert-OH is 2. The lowest BCUT2D eigenvalue weighted by atomic mass is 9.98. The molecule has 0 aromatic rings. The molecule has 0 bridgehead atoms. The van der Waals surface area contributed by atoms with E-state index in [1.54, 1.807) is 0 Å². The Kier molecular flexibility index (Phi) is 49.2. The minimum Gasteiger partial charge on any atom is -0.479 e. The molecular formula is C65H112O12. The van der Waals surface area contributed by atoms with Crippen LogP contribution >= 0.6 is 0 Å². The number of aliphatic hydroxyl groups is 2. The highest BCUT2D eigenvalue weighted by atomic mass is 16.7. The first-order valence-corrected chi connectivity index (χ1v) is 31.3. The predicted octanol–water partition coefficient (Wildman–Crippen LogP) is 16.3. The quantitative estimate of drug-likeness (QED) is 0.0228. The Bertz CT molecular complexity index is 1570. The number of carboxylic acids is 1. The van der Waals surface area contributed by atoms with E-state index in [1.807, 2.05) is 0 Å². The van der Waals surface area contributed by atoms with E-state index in [9.17, 15) is 34.5 Å². The van der Waals surface area contributed by atoms with E-state index in [1.165, 1.54) is 96.3 Å². The molecule has 12 nitrogen and oxygen atoms in total. The lowest BCUT2D eigenvalue weighted by Crippen LogP contribution is -2.61. The largest absolute Gasteiger partial charge is 0.479 e. The first kappa shape index (κ1) is 71.4. The number of unbranched alkanes of at least 4 members (excludes halogenated alkanes) is 29. The molecule has 12 heteroatoms. The third-order valence-electron chi connectivity index (χ3n) is 14.0. The summed E-state index contributed by atoms with van der Waals surface area (Å²) in [5, 5.41) is 31.5. The number of carboxylic acid groups (broad SMARTS) is 1. The summed E-state index contributed by atoms with van der Waals surface area (Å²) in [5.41, 5.74) is 0. The molecule has 1 aliphatic heterocycles. The smallest absolute Gasteiger partial charge is 0.335 e. The number of hydrogen-bond acceptors (Lipinski definition) is 11. The maximum absolute atomic E-state index is 13.2. The van der Waals surface area contributed by atoms with Crippen molar-refractivity contribution >= 4 is 23.9 Å². The first-order chi connectivity index (χ1) is 37.6. The number of esters is 3. The lowest BCUT2D eigenvalue weighted by Gasteiger charge is -2.40. The SMILES string of the molecule is CCC/C=C\C/C=C\CCCCCCCC(=O)OC1C(OCC(COC(=O)CCCCCCCCC/C=C\C/C=C\CCCCC)OC(=O)CCCCCCCCC/C=C\CCCCCCCC)OC(C(=O)O)C(O)C1O. The monoisotopic (exact) mass is 1080 g/mol. The average molecular weight is 1090 g/mol. The minimum absolute atomic E-state index is 0.0428. The van der Waals surface area contributed by atoms with Crippen LogP contribution in [0, 0.1) is 0 Å². The van der Waals surface area contributed by atoms with Crippen LogP contribution in [0.25, 0.3) is 0 Å². The topological polar surface area (TPSA) is 175 Å². The summed E-state index contributed by atoms with van der Waals surface area (Å²) >= 11 is 0. The van der Waals surface area contributed by atoms with Gasteiger partial charge in [-0.1, -0.05) is 216 Å². The van der Waals surface area contributed by atoms with Gasteiger partial charge in [-0.15, -0.1) is 0 Å². The van der Waals surface area contributed by atoms with E-state index in [0.29, 0.717) is 19.3 Å². The van der Waals surface area contributed by atoms with Crippen molar-refractivity contribution in [3.63, 3.8) is 0 Å². The third-order valence-corrected chi connectivity index (χ3v) is 14.0. The van der Waals surface area contributed by atoms with Gasteiger partial charge < -0.3 is 39.0 Å². The molecule has 6 atom stereocenters. The van der Waals surface area contributed by atoms with Crippen LogP contribution in [0.1, 0.15) is 278 Å². The summed E-state index contributed by atoms with van der Waals surface area (Å²) in [7, 11) is 0. The van der Waals surface area contributed by atoms with Gasteiger partial charge in [0.2, 0.25) is 0 Å². The van der Waals surface area contributed by atoms with Crippen molar-refractivity contribution in [2.24, 2.45) is 0 Å². The molecule has 3 N–H and O–H groups in total. The number of carbonyl (C=O) groups is 4. The maximum Gasteiger partial charge on any atom is 0.335 e. The van der Waals surface area contributed by atoms with Crippen molar-refractivity contribution in [2.45, 2.75) is 314 Å². The summed E-state index contributed by atoms with van der Waals surface area (Å²) in [6.07, 6.45) is 53.2. The van der Waals surface area contributed by atoms with Gasteiger partial charge in [0, 0.05) is 19.3 Å². The standard InChI is InChI=1S/C65H112O12/c1-4-7-10-13-16-19-22-25-27-29-31-34-36-39-42-45-48-51-57(66)73-54-56(75-58(67)52-49-46-43-40-38-35-32-30-28-26-23-20-17-14-11-8-5-2)55-74-65-63(61(70)60(69)62(77-65)64(71)72)76-59(68)53-50-47-44-41-37-33-24-21-18-15-12-9-6-3/h12,15-16,19,21,24-28,56,60-63,65,69-70H,4-11,13-14,17-18,20,22-23,29-55H2,1-3H3,(H,71,72)/b15-12-,19-16-,24-21-,27-25-,28-26-. The second kappa shape index (κ2) is 53.1. The summed E-state index contributed by atoms with van der Waals surface area (Å²) in [5.74, 6) is -3.14. The molecule has 444 valence electrons. The average Bonchev–Trinajstić information content (AvgIpc) is 3.42. The van der Waals surface area contributed by atoms with Crippen LogP contribution in [-0.2, 0) is 42.9 Å². The Morgan fingerprint density at radius 3 is 1.26 bits per heavy atom.